The fraction of sp³-hybridized carbons (Fsp3) is 1.00. The molecule has 0 aromatic rings. The Morgan fingerprint density at radius 2 is 2.13 bits per heavy atom. The third-order valence-corrected chi connectivity index (χ3v) is 3.39. The van der Waals surface area contributed by atoms with Gasteiger partial charge in [-0.3, -0.25) is 0 Å². The predicted molar refractivity (Wildman–Crippen MR) is 67.2 cm³/mol. The highest BCUT2D eigenvalue weighted by atomic mass is 15.0. The van der Waals surface area contributed by atoms with E-state index in [9.17, 15) is 0 Å². The molecule has 0 spiro atoms. The van der Waals surface area contributed by atoms with Gasteiger partial charge in [0.05, 0.1) is 0 Å². The minimum Gasteiger partial charge on any atom is -0.316 e. The van der Waals surface area contributed by atoms with Crippen molar-refractivity contribution < 1.29 is 0 Å². The second kappa shape index (κ2) is 6.49. The van der Waals surface area contributed by atoms with Crippen LogP contribution >= 0.6 is 0 Å². The van der Waals surface area contributed by atoms with Gasteiger partial charge in [0.15, 0.2) is 0 Å². The van der Waals surface area contributed by atoms with Crippen LogP contribution in [0.3, 0.4) is 0 Å². The Hall–Kier alpha value is -0.0800. The van der Waals surface area contributed by atoms with Crippen LogP contribution in [0.1, 0.15) is 46.5 Å². The van der Waals surface area contributed by atoms with E-state index in [-0.39, 0.29) is 0 Å². The quantitative estimate of drug-likeness (QED) is 0.633. The Morgan fingerprint density at radius 3 is 2.73 bits per heavy atom. The van der Waals surface area contributed by atoms with Gasteiger partial charge in [0.2, 0.25) is 0 Å². The van der Waals surface area contributed by atoms with Crippen LogP contribution < -0.4 is 10.6 Å². The Morgan fingerprint density at radius 1 is 1.33 bits per heavy atom. The van der Waals surface area contributed by atoms with Gasteiger partial charge >= 0.3 is 0 Å². The SMILES string of the molecule is CC(C)CCCCNCC1(C)CCNC1. The Bertz CT molecular complexity index is 160. The minimum atomic E-state index is 0.512. The van der Waals surface area contributed by atoms with Crippen LogP contribution in [0.25, 0.3) is 0 Å². The molecule has 0 aromatic carbocycles. The maximum atomic E-state index is 3.60. The van der Waals surface area contributed by atoms with Gasteiger partial charge in [-0.2, -0.15) is 0 Å². The van der Waals surface area contributed by atoms with Crippen molar-refractivity contribution in [3.63, 3.8) is 0 Å². The first-order valence-corrected chi connectivity index (χ1v) is 6.54. The van der Waals surface area contributed by atoms with E-state index in [1.165, 1.54) is 51.9 Å². The number of unbranched alkanes of at least 4 members (excludes halogenated alkanes) is 1. The predicted octanol–water partition coefficient (Wildman–Crippen LogP) is 2.40. The summed E-state index contributed by atoms with van der Waals surface area (Å²) in [6.45, 7) is 11.8. The van der Waals surface area contributed by atoms with E-state index in [1.807, 2.05) is 0 Å². The lowest BCUT2D eigenvalue weighted by molar-refractivity contribution is 0.337. The second-order valence-corrected chi connectivity index (χ2v) is 5.80. The van der Waals surface area contributed by atoms with E-state index in [4.69, 9.17) is 0 Å². The first kappa shape index (κ1) is 13.0. The monoisotopic (exact) mass is 212 g/mol. The molecule has 1 unspecified atom stereocenters. The average molecular weight is 212 g/mol. The number of hydrogen-bond donors (Lipinski definition) is 2. The molecule has 2 nitrogen and oxygen atoms in total. The van der Waals surface area contributed by atoms with Crippen LogP contribution in [0.5, 0.6) is 0 Å². The lowest BCUT2D eigenvalue weighted by atomic mass is 9.90. The van der Waals surface area contributed by atoms with Crippen LogP contribution in [0.2, 0.25) is 0 Å². The summed E-state index contributed by atoms with van der Waals surface area (Å²) in [5.74, 6) is 0.863. The van der Waals surface area contributed by atoms with Gasteiger partial charge in [0, 0.05) is 13.1 Å². The fourth-order valence-corrected chi connectivity index (χ4v) is 2.21. The summed E-state index contributed by atoms with van der Waals surface area (Å²) in [6.07, 6.45) is 5.41. The van der Waals surface area contributed by atoms with Crippen LogP contribution in [0.4, 0.5) is 0 Å². The maximum absolute atomic E-state index is 3.60. The minimum absolute atomic E-state index is 0.512. The lowest BCUT2D eigenvalue weighted by Gasteiger charge is -2.22. The molecule has 0 aromatic heterocycles. The van der Waals surface area contributed by atoms with Gasteiger partial charge < -0.3 is 10.6 Å². The summed E-state index contributed by atoms with van der Waals surface area (Å²) >= 11 is 0. The van der Waals surface area contributed by atoms with Crippen molar-refractivity contribution in [1.29, 1.82) is 0 Å². The van der Waals surface area contributed by atoms with E-state index in [2.05, 4.69) is 31.4 Å². The molecule has 2 heteroatoms. The molecule has 0 amide bonds. The molecule has 1 aliphatic rings. The van der Waals surface area contributed by atoms with Crippen molar-refractivity contribution in [3.8, 4) is 0 Å². The van der Waals surface area contributed by atoms with Crippen molar-refractivity contribution in [3.05, 3.63) is 0 Å². The molecule has 1 rings (SSSR count). The largest absolute Gasteiger partial charge is 0.316 e. The molecule has 15 heavy (non-hydrogen) atoms. The molecule has 1 atom stereocenters. The summed E-state index contributed by atoms with van der Waals surface area (Å²) < 4.78 is 0. The summed E-state index contributed by atoms with van der Waals surface area (Å²) in [6, 6.07) is 0. The van der Waals surface area contributed by atoms with Crippen LogP contribution in [-0.2, 0) is 0 Å². The molecule has 1 fully saturated rings. The van der Waals surface area contributed by atoms with Gasteiger partial charge in [0.25, 0.3) is 0 Å². The number of hydrogen-bond acceptors (Lipinski definition) is 2. The first-order valence-electron chi connectivity index (χ1n) is 6.54. The van der Waals surface area contributed by atoms with Crippen molar-refractivity contribution in [2.24, 2.45) is 11.3 Å². The zero-order valence-corrected chi connectivity index (χ0v) is 10.7. The number of rotatable bonds is 7. The average Bonchev–Trinajstić information content (AvgIpc) is 2.58. The highest BCUT2D eigenvalue weighted by Gasteiger charge is 2.27. The Balaban J connectivity index is 1.92. The van der Waals surface area contributed by atoms with Crippen LogP contribution in [0, 0.1) is 11.3 Å². The second-order valence-electron chi connectivity index (χ2n) is 5.80. The summed E-state index contributed by atoms with van der Waals surface area (Å²) in [4.78, 5) is 0. The molecular weight excluding hydrogens is 184 g/mol. The van der Waals surface area contributed by atoms with Crippen molar-refractivity contribution >= 4 is 0 Å². The summed E-state index contributed by atoms with van der Waals surface area (Å²) in [5.41, 5.74) is 0.512. The van der Waals surface area contributed by atoms with E-state index < -0.39 is 0 Å². The lowest BCUT2D eigenvalue weighted by Crippen LogP contribution is -2.34. The fourth-order valence-electron chi connectivity index (χ4n) is 2.21. The van der Waals surface area contributed by atoms with Gasteiger partial charge in [-0.05, 0) is 37.3 Å². The summed E-state index contributed by atoms with van der Waals surface area (Å²) in [7, 11) is 0. The molecule has 1 heterocycles. The molecule has 90 valence electrons. The van der Waals surface area contributed by atoms with Crippen LogP contribution in [-0.4, -0.2) is 26.2 Å². The third-order valence-electron chi connectivity index (χ3n) is 3.39. The van der Waals surface area contributed by atoms with Crippen molar-refractivity contribution in [1.82, 2.24) is 10.6 Å². The molecule has 1 aliphatic heterocycles. The van der Waals surface area contributed by atoms with Gasteiger partial charge in [0.1, 0.15) is 0 Å². The van der Waals surface area contributed by atoms with Crippen molar-refractivity contribution in [2.75, 3.05) is 26.2 Å². The zero-order valence-electron chi connectivity index (χ0n) is 10.7. The molecule has 0 radical (unpaired) electrons. The van der Waals surface area contributed by atoms with Gasteiger partial charge in [-0.1, -0.05) is 33.6 Å². The molecule has 0 bridgehead atoms. The normalized spacial score (nSPS) is 26.4. The molecule has 0 aliphatic carbocycles. The first-order chi connectivity index (χ1) is 7.12. The molecule has 0 saturated carbocycles. The van der Waals surface area contributed by atoms with Gasteiger partial charge in [-0.25, -0.2) is 0 Å². The van der Waals surface area contributed by atoms with E-state index in [0.717, 1.165) is 5.92 Å². The van der Waals surface area contributed by atoms with Gasteiger partial charge in [-0.15, -0.1) is 0 Å². The highest BCUT2D eigenvalue weighted by Crippen LogP contribution is 2.22. The number of nitrogens with one attached hydrogen (secondary N) is 2. The topological polar surface area (TPSA) is 24.1 Å². The van der Waals surface area contributed by atoms with E-state index in [1.54, 1.807) is 0 Å². The molecular formula is C13H28N2. The Labute approximate surface area is 95.2 Å². The standard InChI is InChI=1S/C13H28N2/c1-12(2)6-4-5-8-14-10-13(3)7-9-15-11-13/h12,14-15H,4-11H2,1-3H3. The molecule has 1 saturated heterocycles. The van der Waals surface area contributed by atoms with E-state index >= 15 is 0 Å². The van der Waals surface area contributed by atoms with Crippen LogP contribution in [0.15, 0.2) is 0 Å². The Kier molecular flexibility index (Phi) is 5.62. The smallest absolute Gasteiger partial charge is 0.00178 e. The van der Waals surface area contributed by atoms with Crippen molar-refractivity contribution in [2.45, 2.75) is 46.5 Å². The maximum Gasteiger partial charge on any atom is 0.00178 e. The summed E-state index contributed by atoms with van der Waals surface area (Å²) in [5, 5.41) is 7.04. The van der Waals surface area contributed by atoms with E-state index in [0.29, 0.717) is 5.41 Å². The highest BCUT2D eigenvalue weighted by molar-refractivity contribution is 4.85. The zero-order chi connectivity index (χ0) is 11.1. The molecule has 2 N–H and O–H groups in total. The third kappa shape index (κ3) is 5.53.